The summed E-state index contributed by atoms with van der Waals surface area (Å²) < 4.78 is 0. The fraction of sp³-hybridized carbons (Fsp3) is 0.400. The van der Waals surface area contributed by atoms with E-state index in [0.717, 1.165) is 17.6 Å². The van der Waals surface area contributed by atoms with Crippen molar-refractivity contribution in [3.63, 3.8) is 0 Å². The Morgan fingerprint density at radius 1 is 1.00 bits per heavy atom. The number of likely N-dealkylation sites (N-methyl/N-ethyl adjacent to an activating group) is 1. The molecule has 2 rings (SSSR count). The first kappa shape index (κ1) is 8.23. The van der Waals surface area contributed by atoms with E-state index in [-0.39, 0.29) is 11.8 Å². The Kier molecular flexibility index (Phi) is 1.46. The van der Waals surface area contributed by atoms with Crippen LogP contribution in [0.3, 0.4) is 0 Å². The summed E-state index contributed by atoms with van der Waals surface area (Å²) in [6, 6.07) is 0. The van der Waals surface area contributed by atoms with Crippen molar-refractivity contribution in [3.8, 4) is 0 Å². The quantitative estimate of drug-likeness (QED) is 0.518. The van der Waals surface area contributed by atoms with Gasteiger partial charge in [-0.2, -0.15) is 0 Å². The van der Waals surface area contributed by atoms with Crippen LogP contribution in [-0.4, -0.2) is 23.8 Å². The van der Waals surface area contributed by atoms with Crippen molar-refractivity contribution in [1.82, 2.24) is 4.90 Å². The molecule has 2 aliphatic rings. The molecule has 0 aromatic carbocycles. The minimum absolute atomic E-state index is 0.144. The second kappa shape index (κ2) is 2.31. The summed E-state index contributed by atoms with van der Waals surface area (Å²) in [7, 11) is 1.53. The number of nitrogens with zero attached hydrogens (tertiary/aromatic N) is 1. The fourth-order valence-electron chi connectivity index (χ4n) is 2.01. The first-order valence-electron chi connectivity index (χ1n) is 4.26. The predicted molar refractivity (Wildman–Crippen MR) is 47.8 cm³/mol. The second-order valence-corrected chi connectivity index (χ2v) is 3.66. The maximum absolute atomic E-state index is 11.6. The summed E-state index contributed by atoms with van der Waals surface area (Å²) in [4.78, 5) is 24.3. The molecule has 0 saturated carbocycles. The molecule has 2 amide bonds. The van der Waals surface area contributed by atoms with Crippen molar-refractivity contribution in [1.29, 1.82) is 0 Å². The summed E-state index contributed by atoms with van der Waals surface area (Å²) in [6.07, 6.45) is 0.774. The Bertz CT molecular complexity index is 352. The molecule has 3 heteroatoms. The maximum Gasteiger partial charge on any atom is 0.261 e. The van der Waals surface area contributed by atoms with E-state index in [1.54, 1.807) is 0 Å². The Hall–Kier alpha value is -1.38. The van der Waals surface area contributed by atoms with Gasteiger partial charge < -0.3 is 0 Å². The van der Waals surface area contributed by atoms with Gasteiger partial charge in [0.25, 0.3) is 11.8 Å². The molecular weight excluding hydrogens is 166 g/mol. The molecule has 0 N–H and O–H groups in total. The Balaban J connectivity index is 2.65. The van der Waals surface area contributed by atoms with Crippen LogP contribution in [0.5, 0.6) is 0 Å². The van der Waals surface area contributed by atoms with E-state index < -0.39 is 0 Å². The van der Waals surface area contributed by atoms with Gasteiger partial charge in [0.15, 0.2) is 0 Å². The summed E-state index contributed by atoms with van der Waals surface area (Å²) in [5.41, 5.74) is 3.33. The van der Waals surface area contributed by atoms with Gasteiger partial charge in [-0.25, -0.2) is 0 Å². The monoisotopic (exact) mass is 177 g/mol. The molecule has 13 heavy (non-hydrogen) atoms. The summed E-state index contributed by atoms with van der Waals surface area (Å²) in [5.74, 6) is -0.288. The molecule has 1 fully saturated rings. The number of allylic oxidation sites excluding steroid dienone is 2. The second-order valence-electron chi connectivity index (χ2n) is 3.66. The number of rotatable bonds is 0. The molecule has 1 saturated heterocycles. The molecule has 0 radical (unpaired) electrons. The molecular formula is C10H11NO2. The number of hydrogen-bond donors (Lipinski definition) is 0. The highest BCUT2D eigenvalue weighted by atomic mass is 16.2. The SMILES string of the molecule is CC1=C2C(=O)N(C)C(=O)C2=C(C)C1. The lowest BCUT2D eigenvalue weighted by molar-refractivity contribution is -0.134. The summed E-state index contributed by atoms with van der Waals surface area (Å²) >= 11 is 0. The Morgan fingerprint density at radius 3 is 1.77 bits per heavy atom. The zero-order valence-electron chi connectivity index (χ0n) is 7.97. The average Bonchev–Trinajstić information content (AvgIpc) is 2.47. The smallest absolute Gasteiger partial charge is 0.261 e. The van der Waals surface area contributed by atoms with Gasteiger partial charge in [0, 0.05) is 7.05 Å². The lowest BCUT2D eigenvalue weighted by Gasteiger charge is -2.05. The van der Waals surface area contributed by atoms with Gasteiger partial charge in [-0.1, -0.05) is 11.1 Å². The summed E-state index contributed by atoms with van der Waals surface area (Å²) in [5, 5.41) is 0. The van der Waals surface area contributed by atoms with E-state index in [2.05, 4.69) is 0 Å². The van der Waals surface area contributed by atoms with Crippen LogP contribution in [0.4, 0.5) is 0 Å². The highest BCUT2D eigenvalue weighted by molar-refractivity contribution is 6.25. The van der Waals surface area contributed by atoms with Crippen molar-refractivity contribution < 1.29 is 9.59 Å². The van der Waals surface area contributed by atoms with Crippen LogP contribution in [0.1, 0.15) is 20.3 Å². The molecule has 0 unspecified atom stereocenters. The van der Waals surface area contributed by atoms with Crippen LogP contribution < -0.4 is 0 Å². The summed E-state index contributed by atoms with van der Waals surface area (Å²) in [6.45, 7) is 3.83. The number of fused-ring (bicyclic) bond motifs is 1. The minimum Gasteiger partial charge on any atom is -0.277 e. The third-order valence-corrected chi connectivity index (χ3v) is 2.67. The van der Waals surface area contributed by atoms with Gasteiger partial charge in [-0.15, -0.1) is 0 Å². The zero-order valence-corrected chi connectivity index (χ0v) is 7.97. The highest BCUT2D eigenvalue weighted by Gasteiger charge is 2.41. The van der Waals surface area contributed by atoms with Crippen LogP contribution in [0, 0.1) is 0 Å². The van der Waals surface area contributed by atoms with E-state index in [4.69, 9.17) is 0 Å². The largest absolute Gasteiger partial charge is 0.277 e. The van der Waals surface area contributed by atoms with Crippen molar-refractivity contribution >= 4 is 11.8 Å². The number of imide groups is 1. The number of hydrogen-bond acceptors (Lipinski definition) is 2. The van der Waals surface area contributed by atoms with Gasteiger partial charge in [-0.3, -0.25) is 14.5 Å². The van der Waals surface area contributed by atoms with Gasteiger partial charge in [0.1, 0.15) is 0 Å². The van der Waals surface area contributed by atoms with Crippen LogP contribution >= 0.6 is 0 Å². The highest BCUT2D eigenvalue weighted by Crippen LogP contribution is 2.37. The topological polar surface area (TPSA) is 37.4 Å². The number of carbonyl (C=O) groups excluding carboxylic acids is 2. The zero-order chi connectivity index (χ0) is 9.75. The van der Waals surface area contributed by atoms with Crippen molar-refractivity contribution in [2.75, 3.05) is 7.05 Å². The number of carbonyl (C=O) groups is 2. The first-order chi connectivity index (χ1) is 6.04. The van der Waals surface area contributed by atoms with Gasteiger partial charge in [0.05, 0.1) is 11.1 Å². The van der Waals surface area contributed by atoms with Crippen molar-refractivity contribution in [3.05, 3.63) is 22.3 Å². The molecule has 3 nitrogen and oxygen atoms in total. The van der Waals surface area contributed by atoms with Crippen LogP contribution in [0.2, 0.25) is 0 Å². The molecule has 0 spiro atoms. The third kappa shape index (κ3) is 0.842. The standard InChI is InChI=1S/C10H11NO2/c1-5-4-6(2)8-7(5)9(12)11(3)10(8)13/h4H2,1-3H3. The molecule has 0 aromatic rings. The van der Waals surface area contributed by atoms with E-state index in [9.17, 15) is 9.59 Å². The Labute approximate surface area is 76.7 Å². The fourth-order valence-corrected chi connectivity index (χ4v) is 2.01. The average molecular weight is 177 g/mol. The van der Waals surface area contributed by atoms with Crippen molar-refractivity contribution in [2.24, 2.45) is 0 Å². The third-order valence-electron chi connectivity index (χ3n) is 2.67. The van der Waals surface area contributed by atoms with E-state index in [1.165, 1.54) is 11.9 Å². The molecule has 1 aliphatic carbocycles. The van der Waals surface area contributed by atoms with Gasteiger partial charge >= 0.3 is 0 Å². The lowest BCUT2D eigenvalue weighted by Crippen LogP contribution is -2.24. The van der Waals surface area contributed by atoms with Crippen LogP contribution in [-0.2, 0) is 9.59 Å². The number of amides is 2. The molecule has 0 aromatic heterocycles. The molecule has 1 heterocycles. The van der Waals surface area contributed by atoms with Crippen LogP contribution in [0.15, 0.2) is 22.3 Å². The maximum atomic E-state index is 11.6. The molecule has 1 aliphatic heterocycles. The van der Waals surface area contributed by atoms with Crippen LogP contribution in [0.25, 0.3) is 0 Å². The van der Waals surface area contributed by atoms with E-state index >= 15 is 0 Å². The first-order valence-corrected chi connectivity index (χ1v) is 4.26. The normalized spacial score (nSPS) is 22.2. The van der Waals surface area contributed by atoms with E-state index in [0.29, 0.717) is 11.1 Å². The Morgan fingerprint density at radius 2 is 1.38 bits per heavy atom. The predicted octanol–water partition coefficient (Wildman–Crippen LogP) is 1.02. The molecule has 0 atom stereocenters. The molecule has 68 valence electrons. The van der Waals surface area contributed by atoms with Gasteiger partial charge in [-0.05, 0) is 20.3 Å². The van der Waals surface area contributed by atoms with Crippen molar-refractivity contribution in [2.45, 2.75) is 20.3 Å². The minimum atomic E-state index is -0.144. The molecule has 0 bridgehead atoms. The van der Waals surface area contributed by atoms with Gasteiger partial charge in [0.2, 0.25) is 0 Å². The number of likely N-dealkylation sites (tertiary alicyclic amines) is 1. The lowest BCUT2D eigenvalue weighted by atomic mass is 10.1. The van der Waals surface area contributed by atoms with E-state index in [1.807, 2.05) is 13.8 Å².